The molecule has 2 heterocycles. The number of nitrogens with zero attached hydrogens (tertiary/aromatic N) is 3. The summed E-state index contributed by atoms with van der Waals surface area (Å²) in [4.78, 5) is 16.2. The molecule has 1 aliphatic rings. The van der Waals surface area contributed by atoms with E-state index >= 15 is 0 Å². The van der Waals surface area contributed by atoms with E-state index < -0.39 is 5.97 Å². The van der Waals surface area contributed by atoms with Crippen LogP contribution >= 0.6 is 0 Å². The minimum absolute atomic E-state index is 0.0176. The number of aryl methyl sites for hydroxylation is 1. The number of allylic oxidation sites excluding steroid dienone is 1. The summed E-state index contributed by atoms with van der Waals surface area (Å²) in [7, 11) is 0. The Balaban J connectivity index is 1.62. The number of pyridine rings is 1. The zero-order valence-electron chi connectivity index (χ0n) is 16.2. The molecule has 0 unspecified atom stereocenters. The van der Waals surface area contributed by atoms with Gasteiger partial charge in [-0.15, -0.1) is 0 Å². The fourth-order valence-electron chi connectivity index (χ4n) is 3.87. The summed E-state index contributed by atoms with van der Waals surface area (Å²) in [5.41, 5.74) is 5.60. The first kappa shape index (κ1) is 18.1. The zero-order chi connectivity index (χ0) is 20.5. The van der Waals surface area contributed by atoms with Crippen molar-refractivity contribution < 1.29 is 14.6 Å². The first-order valence-corrected chi connectivity index (χ1v) is 9.76. The van der Waals surface area contributed by atoms with Crippen molar-refractivity contribution in [2.75, 3.05) is 0 Å². The molecule has 0 atom stereocenters. The Labute approximate surface area is 173 Å². The van der Waals surface area contributed by atoms with Gasteiger partial charge in [0.15, 0.2) is 5.65 Å². The molecule has 2 aromatic heterocycles. The fraction of sp³-hybridized carbons (Fsp3) is 0.125. The fourth-order valence-corrected chi connectivity index (χ4v) is 3.87. The van der Waals surface area contributed by atoms with E-state index in [-0.39, 0.29) is 17.8 Å². The van der Waals surface area contributed by atoms with Crippen molar-refractivity contribution in [2.24, 2.45) is 0 Å². The van der Waals surface area contributed by atoms with Crippen LogP contribution in [0.15, 0.2) is 67.0 Å². The lowest BCUT2D eigenvalue weighted by molar-refractivity contribution is 0.0693. The van der Waals surface area contributed by atoms with Crippen molar-refractivity contribution in [1.82, 2.24) is 14.6 Å². The monoisotopic (exact) mass is 397 g/mol. The maximum atomic E-state index is 12.0. The summed E-state index contributed by atoms with van der Waals surface area (Å²) in [6.45, 7) is 0.271. The number of carbonyl (C=O) groups is 1. The van der Waals surface area contributed by atoms with Gasteiger partial charge in [-0.05, 0) is 41.2 Å². The van der Waals surface area contributed by atoms with E-state index in [4.69, 9.17) is 4.74 Å². The first-order chi connectivity index (χ1) is 14.7. The first-order valence-electron chi connectivity index (χ1n) is 9.76. The number of carboxylic acid groups (broad SMARTS) is 1. The average Bonchev–Trinajstić information content (AvgIpc) is 3.26. The third-order valence-corrected chi connectivity index (χ3v) is 5.34. The van der Waals surface area contributed by atoms with Gasteiger partial charge in [0.25, 0.3) is 0 Å². The third kappa shape index (κ3) is 3.22. The van der Waals surface area contributed by atoms with Gasteiger partial charge in [0.1, 0.15) is 24.2 Å². The Morgan fingerprint density at radius 3 is 2.70 bits per heavy atom. The molecule has 0 radical (unpaired) electrons. The second-order valence-electron chi connectivity index (χ2n) is 7.21. The highest BCUT2D eigenvalue weighted by molar-refractivity contribution is 5.98. The molecule has 0 amide bonds. The van der Waals surface area contributed by atoms with E-state index in [1.165, 1.54) is 17.5 Å². The molecule has 30 heavy (non-hydrogen) atoms. The van der Waals surface area contributed by atoms with Crippen molar-refractivity contribution in [3.8, 4) is 5.75 Å². The van der Waals surface area contributed by atoms with Crippen LogP contribution in [0.2, 0.25) is 0 Å². The SMILES string of the molecule is O=C(O)c1c(OCc2ccccc2)cc(C2=Cc3ccccc3CC2)n2ncnc12. The largest absolute Gasteiger partial charge is 0.488 e. The number of benzene rings is 2. The van der Waals surface area contributed by atoms with Crippen LogP contribution in [0.4, 0.5) is 0 Å². The van der Waals surface area contributed by atoms with Crippen molar-refractivity contribution in [3.05, 3.63) is 94.9 Å². The highest BCUT2D eigenvalue weighted by Crippen LogP contribution is 2.34. The zero-order valence-corrected chi connectivity index (χ0v) is 16.2. The molecule has 5 rings (SSSR count). The van der Waals surface area contributed by atoms with Crippen LogP contribution in [0.1, 0.15) is 39.2 Å². The van der Waals surface area contributed by atoms with Gasteiger partial charge in [-0.25, -0.2) is 14.3 Å². The van der Waals surface area contributed by atoms with Crippen molar-refractivity contribution in [2.45, 2.75) is 19.4 Å². The number of aromatic nitrogens is 3. The maximum absolute atomic E-state index is 12.0. The molecule has 1 N–H and O–H groups in total. The van der Waals surface area contributed by atoms with Crippen molar-refractivity contribution in [1.29, 1.82) is 0 Å². The van der Waals surface area contributed by atoms with E-state index in [1.54, 1.807) is 10.6 Å². The molecule has 1 aliphatic carbocycles. The number of ether oxygens (including phenoxy) is 1. The van der Waals surface area contributed by atoms with Crippen LogP contribution in [-0.4, -0.2) is 25.7 Å². The molecule has 0 spiro atoms. The molecule has 0 saturated carbocycles. The molecule has 0 aliphatic heterocycles. The van der Waals surface area contributed by atoms with E-state index in [9.17, 15) is 9.90 Å². The van der Waals surface area contributed by atoms with Crippen LogP contribution in [-0.2, 0) is 13.0 Å². The second kappa shape index (κ2) is 7.48. The molecule has 0 fully saturated rings. The van der Waals surface area contributed by atoms with Gasteiger partial charge in [-0.2, -0.15) is 5.10 Å². The molecule has 2 aromatic carbocycles. The molecular formula is C24H19N3O3. The summed E-state index contributed by atoms with van der Waals surface area (Å²) in [5.74, 6) is -0.799. The lowest BCUT2D eigenvalue weighted by atomic mass is 9.90. The quantitative estimate of drug-likeness (QED) is 0.537. The topological polar surface area (TPSA) is 76.7 Å². The van der Waals surface area contributed by atoms with Gasteiger partial charge in [0, 0.05) is 6.07 Å². The van der Waals surface area contributed by atoms with Gasteiger partial charge >= 0.3 is 5.97 Å². The Bertz CT molecular complexity index is 1280. The minimum atomic E-state index is -1.09. The third-order valence-electron chi connectivity index (χ3n) is 5.34. The summed E-state index contributed by atoms with van der Waals surface area (Å²) < 4.78 is 7.57. The summed E-state index contributed by atoms with van der Waals surface area (Å²) in [5, 5.41) is 14.1. The van der Waals surface area contributed by atoms with Crippen molar-refractivity contribution in [3.63, 3.8) is 0 Å². The summed E-state index contributed by atoms with van der Waals surface area (Å²) >= 11 is 0. The summed E-state index contributed by atoms with van der Waals surface area (Å²) in [6.07, 6.45) is 5.26. The average molecular weight is 397 g/mol. The van der Waals surface area contributed by atoms with Crippen LogP contribution in [0.5, 0.6) is 5.75 Å². The van der Waals surface area contributed by atoms with Crippen LogP contribution in [0, 0.1) is 0 Å². The molecule has 6 nitrogen and oxygen atoms in total. The normalized spacial score (nSPS) is 13.0. The molecular weight excluding hydrogens is 378 g/mol. The van der Waals surface area contributed by atoms with E-state index in [0.717, 1.165) is 29.7 Å². The predicted octanol–water partition coefficient (Wildman–Crippen LogP) is 4.49. The summed E-state index contributed by atoms with van der Waals surface area (Å²) in [6, 6.07) is 19.7. The highest BCUT2D eigenvalue weighted by Gasteiger charge is 2.23. The van der Waals surface area contributed by atoms with Gasteiger partial charge in [-0.1, -0.05) is 54.6 Å². The number of hydrogen-bond donors (Lipinski definition) is 1. The Hall–Kier alpha value is -3.93. The standard InChI is InChI=1S/C24H19N3O3/c28-24(29)22-21(30-14-16-6-2-1-3-7-16)13-20(27-23(22)25-15-26-27)19-11-10-17-8-4-5-9-18(17)12-19/h1-9,12-13,15H,10-11,14H2,(H,28,29). The molecule has 4 aromatic rings. The van der Waals surface area contributed by atoms with Crippen LogP contribution in [0.3, 0.4) is 0 Å². The highest BCUT2D eigenvalue weighted by atomic mass is 16.5. The Morgan fingerprint density at radius 1 is 1.07 bits per heavy atom. The Kier molecular flexibility index (Phi) is 4.52. The lowest BCUT2D eigenvalue weighted by Crippen LogP contribution is -2.11. The van der Waals surface area contributed by atoms with E-state index in [1.807, 2.05) is 42.5 Å². The molecule has 6 heteroatoms. The lowest BCUT2D eigenvalue weighted by Gasteiger charge is -2.19. The van der Waals surface area contributed by atoms with Gasteiger partial charge < -0.3 is 9.84 Å². The Morgan fingerprint density at radius 2 is 1.87 bits per heavy atom. The van der Waals surface area contributed by atoms with E-state index in [0.29, 0.717) is 5.75 Å². The number of hydrogen-bond acceptors (Lipinski definition) is 4. The van der Waals surface area contributed by atoms with Gasteiger partial charge in [0.2, 0.25) is 0 Å². The predicted molar refractivity (Wildman–Crippen MR) is 113 cm³/mol. The van der Waals surface area contributed by atoms with Crippen LogP contribution < -0.4 is 4.74 Å². The number of aromatic carboxylic acids is 1. The van der Waals surface area contributed by atoms with Crippen LogP contribution in [0.25, 0.3) is 17.3 Å². The van der Waals surface area contributed by atoms with Crippen molar-refractivity contribution >= 4 is 23.3 Å². The second-order valence-corrected chi connectivity index (χ2v) is 7.21. The van der Waals surface area contributed by atoms with Gasteiger partial charge in [0.05, 0.1) is 5.69 Å². The maximum Gasteiger partial charge on any atom is 0.343 e. The minimum Gasteiger partial charge on any atom is -0.488 e. The molecule has 0 saturated heterocycles. The molecule has 148 valence electrons. The smallest absolute Gasteiger partial charge is 0.343 e. The van der Waals surface area contributed by atoms with E-state index in [2.05, 4.69) is 28.3 Å². The number of rotatable bonds is 5. The number of carboxylic acids is 1. The van der Waals surface area contributed by atoms with Gasteiger partial charge in [-0.3, -0.25) is 0 Å². The molecule has 0 bridgehead atoms. The number of fused-ring (bicyclic) bond motifs is 2.